The SMILES string of the molecule is Cc1[nH][nH]c(=O)c1CCC(=O)N/N=C\C=C\c1ccccc1. The lowest BCUT2D eigenvalue weighted by Gasteiger charge is -1.98. The Morgan fingerprint density at radius 2 is 2.05 bits per heavy atom. The van der Waals surface area contributed by atoms with Crippen molar-refractivity contribution < 1.29 is 4.79 Å². The van der Waals surface area contributed by atoms with Gasteiger partial charge in [-0.05, 0) is 25.0 Å². The molecule has 0 saturated carbocycles. The van der Waals surface area contributed by atoms with Crippen molar-refractivity contribution in [3.8, 4) is 0 Å². The summed E-state index contributed by atoms with van der Waals surface area (Å²) in [6.07, 6.45) is 5.74. The first kappa shape index (κ1) is 15.5. The third-order valence-electron chi connectivity index (χ3n) is 3.13. The Bertz CT molecular complexity index is 726. The number of allylic oxidation sites excluding steroid dienone is 1. The van der Waals surface area contributed by atoms with Gasteiger partial charge in [0, 0.05) is 23.9 Å². The topological polar surface area (TPSA) is 90.1 Å². The van der Waals surface area contributed by atoms with E-state index in [2.05, 4.69) is 20.7 Å². The number of hydrogen-bond donors (Lipinski definition) is 3. The number of rotatable bonds is 6. The average Bonchev–Trinajstić information content (AvgIpc) is 2.84. The summed E-state index contributed by atoms with van der Waals surface area (Å²) >= 11 is 0. The number of benzene rings is 1. The minimum atomic E-state index is -0.232. The van der Waals surface area contributed by atoms with Crippen LogP contribution in [-0.2, 0) is 11.2 Å². The van der Waals surface area contributed by atoms with Crippen molar-refractivity contribution in [1.29, 1.82) is 0 Å². The molecular weight excluding hydrogens is 280 g/mol. The summed E-state index contributed by atoms with van der Waals surface area (Å²) in [5.41, 5.74) is 4.66. The fourth-order valence-corrected chi connectivity index (χ4v) is 1.94. The number of hydrogen-bond acceptors (Lipinski definition) is 3. The predicted molar refractivity (Wildman–Crippen MR) is 86.6 cm³/mol. The molecule has 0 aliphatic heterocycles. The fourth-order valence-electron chi connectivity index (χ4n) is 1.94. The Morgan fingerprint density at radius 3 is 2.73 bits per heavy atom. The summed E-state index contributed by atoms with van der Waals surface area (Å²) < 4.78 is 0. The Balaban J connectivity index is 1.75. The zero-order chi connectivity index (χ0) is 15.8. The van der Waals surface area contributed by atoms with Gasteiger partial charge >= 0.3 is 0 Å². The van der Waals surface area contributed by atoms with Gasteiger partial charge in [0.1, 0.15) is 0 Å². The summed E-state index contributed by atoms with van der Waals surface area (Å²) in [5.74, 6) is -0.232. The molecule has 114 valence electrons. The van der Waals surface area contributed by atoms with E-state index in [4.69, 9.17) is 0 Å². The van der Waals surface area contributed by atoms with Crippen molar-refractivity contribution in [2.24, 2.45) is 5.10 Å². The van der Waals surface area contributed by atoms with Gasteiger partial charge in [0.15, 0.2) is 0 Å². The number of aryl methyl sites for hydroxylation is 1. The van der Waals surface area contributed by atoms with E-state index in [1.165, 1.54) is 6.21 Å². The molecule has 2 rings (SSSR count). The van der Waals surface area contributed by atoms with Crippen LogP contribution >= 0.6 is 0 Å². The van der Waals surface area contributed by atoms with Crippen LogP contribution in [0.2, 0.25) is 0 Å². The Hall–Kier alpha value is -2.89. The molecule has 1 aromatic carbocycles. The monoisotopic (exact) mass is 298 g/mol. The maximum atomic E-state index is 11.6. The number of hydrazone groups is 1. The lowest BCUT2D eigenvalue weighted by atomic mass is 10.1. The third-order valence-corrected chi connectivity index (χ3v) is 3.13. The Labute approximate surface area is 127 Å². The second-order valence-corrected chi connectivity index (χ2v) is 4.77. The highest BCUT2D eigenvalue weighted by molar-refractivity contribution is 5.81. The first-order valence-corrected chi connectivity index (χ1v) is 6.96. The molecular formula is C16H18N4O2. The molecule has 2 aromatic rings. The van der Waals surface area contributed by atoms with Crippen molar-refractivity contribution in [3.63, 3.8) is 0 Å². The molecule has 1 aromatic heterocycles. The average molecular weight is 298 g/mol. The highest BCUT2D eigenvalue weighted by atomic mass is 16.2. The molecule has 6 heteroatoms. The fraction of sp³-hybridized carbons (Fsp3) is 0.188. The van der Waals surface area contributed by atoms with Gasteiger partial charge in [-0.1, -0.05) is 36.4 Å². The molecule has 0 fully saturated rings. The smallest absolute Gasteiger partial charge is 0.267 e. The number of carbonyl (C=O) groups is 1. The van der Waals surface area contributed by atoms with Gasteiger partial charge in [-0.15, -0.1) is 0 Å². The molecule has 1 amide bonds. The number of nitrogens with zero attached hydrogens (tertiary/aromatic N) is 1. The molecule has 0 aliphatic rings. The molecule has 0 unspecified atom stereocenters. The van der Waals surface area contributed by atoms with E-state index < -0.39 is 0 Å². The van der Waals surface area contributed by atoms with E-state index >= 15 is 0 Å². The Morgan fingerprint density at radius 1 is 1.27 bits per heavy atom. The van der Waals surface area contributed by atoms with Crippen LogP contribution in [0.1, 0.15) is 23.2 Å². The second-order valence-electron chi connectivity index (χ2n) is 4.77. The predicted octanol–water partition coefficient (Wildman–Crippen LogP) is 1.76. The lowest BCUT2D eigenvalue weighted by Crippen LogP contribution is -2.19. The quantitative estimate of drug-likeness (QED) is 0.560. The van der Waals surface area contributed by atoms with Gasteiger partial charge in [-0.2, -0.15) is 5.10 Å². The van der Waals surface area contributed by atoms with E-state index in [9.17, 15) is 9.59 Å². The van der Waals surface area contributed by atoms with Gasteiger partial charge in [0.2, 0.25) is 5.91 Å². The molecule has 0 bridgehead atoms. The van der Waals surface area contributed by atoms with Crippen LogP contribution in [0.15, 0.2) is 46.3 Å². The standard InChI is InChI=1S/C16H18N4O2/c1-12-14(16(22)20-18-12)9-10-15(21)19-17-11-5-8-13-6-3-2-4-7-13/h2-8,11H,9-10H2,1H3,(H,19,21)(H2,18,20,22)/b8-5+,17-11-. The molecule has 0 saturated heterocycles. The highest BCUT2D eigenvalue weighted by Crippen LogP contribution is 2.01. The summed E-state index contributed by atoms with van der Waals surface area (Å²) in [7, 11) is 0. The number of amides is 1. The van der Waals surface area contributed by atoms with Crippen LogP contribution in [0.3, 0.4) is 0 Å². The summed E-state index contributed by atoms with van der Waals surface area (Å²) in [4.78, 5) is 23.1. The maximum absolute atomic E-state index is 11.6. The lowest BCUT2D eigenvalue weighted by molar-refractivity contribution is -0.121. The van der Waals surface area contributed by atoms with Crippen molar-refractivity contribution in [2.45, 2.75) is 19.8 Å². The first-order valence-electron chi connectivity index (χ1n) is 6.96. The normalized spacial score (nSPS) is 11.3. The third kappa shape index (κ3) is 4.59. The molecule has 22 heavy (non-hydrogen) atoms. The van der Waals surface area contributed by atoms with Crippen LogP contribution < -0.4 is 11.0 Å². The highest BCUT2D eigenvalue weighted by Gasteiger charge is 2.08. The van der Waals surface area contributed by atoms with Gasteiger partial charge in [-0.3, -0.25) is 14.7 Å². The molecule has 0 spiro atoms. The van der Waals surface area contributed by atoms with E-state index in [-0.39, 0.29) is 17.9 Å². The van der Waals surface area contributed by atoms with Gasteiger partial charge in [0.05, 0.1) is 0 Å². The number of nitrogens with one attached hydrogen (secondary N) is 3. The zero-order valence-corrected chi connectivity index (χ0v) is 12.3. The minimum absolute atomic E-state index is 0.181. The number of H-pyrrole nitrogens is 2. The van der Waals surface area contributed by atoms with E-state index in [1.54, 1.807) is 13.0 Å². The Kier molecular flexibility index (Phi) is 5.48. The van der Waals surface area contributed by atoms with Gasteiger partial charge in [-0.25, -0.2) is 5.43 Å². The molecule has 1 heterocycles. The van der Waals surface area contributed by atoms with E-state index in [1.807, 2.05) is 36.4 Å². The molecule has 3 N–H and O–H groups in total. The number of carbonyl (C=O) groups excluding carboxylic acids is 1. The number of aromatic nitrogens is 2. The van der Waals surface area contributed by atoms with Crippen molar-refractivity contribution in [1.82, 2.24) is 15.6 Å². The van der Waals surface area contributed by atoms with Crippen molar-refractivity contribution in [2.75, 3.05) is 0 Å². The van der Waals surface area contributed by atoms with Gasteiger partial charge in [0.25, 0.3) is 5.56 Å². The largest absolute Gasteiger partial charge is 0.302 e. The molecule has 0 radical (unpaired) electrons. The maximum Gasteiger partial charge on any atom is 0.267 e. The second kappa shape index (κ2) is 7.78. The first-order chi connectivity index (χ1) is 10.7. The molecule has 0 aliphatic carbocycles. The van der Waals surface area contributed by atoms with Crippen LogP contribution in [-0.4, -0.2) is 22.3 Å². The van der Waals surface area contributed by atoms with Crippen LogP contribution in [0.4, 0.5) is 0 Å². The van der Waals surface area contributed by atoms with E-state index in [0.717, 1.165) is 11.3 Å². The molecule has 0 atom stereocenters. The zero-order valence-electron chi connectivity index (χ0n) is 12.3. The summed E-state index contributed by atoms with van der Waals surface area (Å²) in [5, 5.41) is 9.04. The van der Waals surface area contributed by atoms with Crippen LogP contribution in [0, 0.1) is 6.92 Å². The number of aromatic amines is 2. The molecule has 6 nitrogen and oxygen atoms in total. The minimum Gasteiger partial charge on any atom is -0.302 e. The van der Waals surface area contributed by atoms with Crippen molar-refractivity contribution in [3.05, 3.63) is 63.6 Å². The van der Waals surface area contributed by atoms with Crippen LogP contribution in [0.5, 0.6) is 0 Å². The van der Waals surface area contributed by atoms with Gasteiger partial charge < -0.3 is 5.10 Å². The van der Waals surface area contributed by atoms with Crippen LogP contribution in [0.25, 0.3) is 6.08 Å². The summed E-state index contributed by atoms with van der Waals surface area (Å²) in [6, 6.07) is 9.79. The summed E-state index contributed by atoms with van der Waals surface area (Å²) in [6.45, 7) is 1.79. The van der Waals surface area contributed by atoms with E-state index in [0.29, 0.717) is 12.0 Å². The van der Waals surface area contributed by atoms with Crippen molar-refractivity contribution >= 4 is 18.2 Å².